The monoisotopic (exact) mass is 647 g/mol. The lowest BCUT2D eigenvalue weighted by molar-refractivity contribution is -0.568. The zero-order valence-corrected chi connectivity index (χ0v) is 28.2. The standard InChI is InChI=1S/C45H35N4O/c1-30-24-31(2)45(32(3)25-30)48-29-47(41-21-9-10-22-42(41)48)34-16-13-17-35(26-34)50-36-27-38(39-19-11-12-23-46-39)44-37-18-7-8-20-40(37)49(43(44)28-36)33-14-5-4-6-15-33/h4-29H,1-3H3/q+1. The van der Waals surface area contributed by atoms with Gasteiger partial charge in [-0.15, -0.1) is 0 Å². The Labute approximate surface area is 290 Å². The number of para-hydroxylation sites is 4. The molecule has 0 aliphatic carbocycles. The highest BCUT2D eigenvalue weighted by Gasteiger charge is 2.23. The van der Waals surface area contributed by atoms with Gasteiger partial charge in [-0.25, -0.2) is 0 Å². The highest BCUT2D eigenvalue weighted by Crippen LogP contribution is 2.41. The van der Waals surface area contributed by atoms with Gasteiger partial charge in [-0.2, -0.15) is 9.13 Å². The first-order valence-electron chi connectivity index (χ1n) is 17.0. The molecule has 3 heterocycles. The molecule has 5 heteroatoms. The van der Waals surface area contributed by atoms with Crippen LogP contribution in [0.5, 0.6) is 11.5 Å². The van der Waals surface area contributed by atoms with E-state index in [2.05, 4.69) is 168 Å². The minimum atomic E-state index is 0.744. The summed E-state index contributed by atoms with van der Waals surface area (Å²) in [7, 11) is 0. The lowest BCUT2D eigenvalue weighted by Crippen LogP contribution is -2.31. The van der Waals surface area contributed by atoms with E-state index in [1.54, 1.807) is 0 Å². The lowest BCUT2D eigenvalue weighted by Gasteiger charge is -2.12. The van der Waals surface area contributed by atoms with Gasteiger partial charge < -0.3 is 9.30 Å². The van der Waals surface area contributed by atoms with Crippen LogP contribution in [0.4, 0.5) is 0 Å². The van der Waals surface area contributed by atoms with Crippen LogP contribution in [0.25, 0.3) is 61.2 Å². The lowest BCUT2D eigenvalue weighted by atomic mass is 10.0. The first-order chi connectivity index (χ1) is 24.5. The summed E-state index contributed by atoms with van der Waals surface area (Å²) < 4.78 is 13.7. The normalized spacial score (nSPS) is 11.5. The van der Waals surface area contributed by atoms with Crippen LogP contribution in [0.1, 0.15) is 16.7 Å². The summed E-state index contributed by atoms with van der Waals surface area (Å²) in [6, 6.07) is 50.8. The summed E-state index contributed by atoms with van der Waals surface area (Å²) in [6.07, 6.45) is 4.04. The van der Waals surface area contributed by atoms with Crippen molar-refractivity contribution in [3.63, 3.8) is 0 Å². The maximum Gasteiger partial charge on any atom is 0.255 e. The van der Waals surface area contributed by atoms with E-state index in [1.165, 1.54) is 27.8 Å². The first kappa shape index (κ1) is 29.7. The SMILES string of the molecule is Cc1cc(C)c(-[n+]2cn(-c3cccc(Oc4cc(-c5ccccn5)c5c6ccccc6n(-c6ccccc6)c5c4)c3)c3ccccc32)c(C)c1. The van der Waals surface area contributed by atoms with Gasteiger partial charge in [0.25, 0.3) is 6.33 Å². The van der Waals surface area contributed by atoms with Gasteiger partial charge >= 0.3 is 0 Å². The van der Waals surface area contributed by atoms with E-state index in [0.717, 1.165) is 61.6 Å². The highest BCUT2D eigenvalue weighted by atomic mass is 16.5. The third-order valence-electron chi connectivity index (χ3n) is 9.54. The number of hydrogen-bond acceptors (Lipinski definition) is 2. The fourth-order valence-corrected chi connectivity index (χ4v) is 7.59. The molecule has 0 saturated heterocycles. The number of nitrogens with zero attached hydrogens (tertiary/aromatic N) is 4. The van der Waals surface area contributed by atoms with E-state index >= 15 is 0 Å². The maximum atomic E-state index is 6.79. The van der Waals surface area contributed by atoms with Gasteiger partial charge in [-0.05, 0) is 92.6 Å². The van der Waals surface area contributed by atoms with E-state index in [-0.39, 0.29) is 0 Å². The zero-order chi connectivity index (χ0) is 33.8. The van der Waals surface area contributed by atoms with Gasteiger partial charge in [0.05, 0.1) is 16.7 Å². The number of pyridine rings is 1. The third kappa shape index (κ3) is 4.94. The van der Waals surface area contributed by atoms with Crippen LogP contribution >= 0.6 is 0 Å². The van der Waals surface area contributed by atoms with Crippen molar-refractivity contribution in [2.45, 2.75) is 20.8 Å². The second-order valence-corrected chi connectivity index (χ2v) is 13.0. The van der Waals surface area contributed by atoms with Crippen LogP contribution in [-0.4, -0.2) is 14.1 Å². The van der Waals surface area contributed by atoms with Crippen molar-refractivity contribution in [1.29, 1.82) is 0 Å². The molecule has 0 saturated carbocycles. The number of aryl methyl sites for hydroxylation is 3. The average Bonchev–Trinajstić information content (AvgIpc) is 3.68. The fourth-order valence-electron chi connectivity index (χ4n) is 7.59. The van der Waals surface area contributed by atoms with Gasteiger partial charge in [0, 0.05) is 40.4 Å². The van der Waals surface area contributed by atoms with Crippen molar-refractivity contribution in [2.24, 2.45) is 0 Å². The molecule has 6 aromatic carbocycles. The molecule has 3 aromatic heterocycles. The second-order valence-electron chi connectivity index (χ2n) is 13.0. The summed E-state index contributed by atoms with van der Waals surface area (Å²) in [6.45, 7) is 6.54. The Morgan fingerprint density at radius 1 is 0.580 bits per heavy atom. The van der Waals surface area contributed by atoms with Crippen LogP contribution in [0.3, 0.4) is 0 Å². The average molecular weight is 648 g/mol. The number of hydrogen-bond donors (Lipinski definition) is 0. The third-order valence-corrected chi connectivity index (χ3v) is 9.54. The predicted molar refractivity (Wildman–Crippen MR) is 203 cm³/mol. The van der Waals surface area contributed by atoms with Crippen LogP contribution in [0, 0.1) is 20.8 Å². The topological polar surface area (TPSA) is 35.9 Å². The molecule has 9 aromatic rings. The van der Waals surface area contributed by atoms with E-state index in [4.69, 9.17) is 9.72 Å². The molecule has 50 heavy (non-hydrogen) atoms. The molecule has 0 unspecified atom stereocenters. The van der Waals surface area contributed by atoms with Gasteiger partial charge in [-0.1, -0.05) is 78.4 Å². The molecule has 0 spiro atoms. The molecular weight excluding hydrogens is 613 g/mol. The van der Waals surface area contributed by atoms with Crippen LogP contribution in [0.15, 0.2) is 158 Å². The Hall–Kier alpha value is -6.46. The molecule has 0 amide bonds. The van der Waals surface area contributed by atoms with E-state index < -0.39 is 0 Å². The molecule has 5 nitrogen and oxygen atoms in total. The molecule has 0 N–H and O–H groups in total. The van der Waals surface area contributed by atoms with E-state index in [1.807, 2.05) is 24.4 Å². The van der Waals surface area contributed by atoms with Crippen molar-refractivity contribution in [1.82, 2.24) is 14.1 Å². The number of aromatic nitrogens is 4. The summed E-state index contributed by atoms with van der Waals surface area (Å²) in [5, 5.41) is 2.32. The molecule has 0 atom stereocenters. The quantitative estimate of drug-likeness (QED) is 0.168. The maximum absolute atomic E-state index is 6.79. The minimum absolute atomic E-state index is 0.744. The Kier molecular flexibility index (Phi) is 7.06. The van der Waals surface area contributed by atoms with Gasteiger partial charge in [-0.3, -0.25) is 4.98 Å². The predicted octanol–water partition coefficient (Wildman–Crippen LogP) is 10.8. The molecule has 9 rings (SSSR count). The molecular formula is C45H35N4O+. The van der Waals surface area contributed by atoms with Gasteiger partial charge in [0.1, 0.15) is 22.9 Å². The minimum Gasteiger partial charge on any atom is -0.457 e. The number of imidazole rings is 1. The summed E-state index contributed by atoms with van der Waals surface area (Å²) in [5.74, 6) is 1.50. The second kappa shape index (κ2) is 11.9. The van der Waals surface area contributed by atoms with Gasteiger partial charge in [0.2, 0.25) is 0 Å². The van der Waals surface area contributed by atoms with E-state index in [0.29, 0.717) is 0 Å². The largest absolute Gasteiger partial charge is 0.457 e. The van der Waals surface area contributed by atoms with Crippen molar-refractivity contribution < 1.29 is 9.30 Å². The Bertz CT molecular complexity index is 2680. The van der Waals surface area contributed by atoms with Crippen molar-refractivity contribution in [2.75, 3.05) is 0 Å². The smallest absolute Gasteiger partial charge is 0.255 e. The summed E-state index contributed by atoms with van der Waals surface area (Å²) >= 11 is 0. The summed E-state index contributed by atoms with van der Waals surface area (Å²) in [5.41, 5.74) is 13.5. The van der Waals surface area contributed by atoms with Gasteiger partial charge in [0.15, 0.2) is 11.0 Å². The van der Waals surface area contributed by atoms with Crippen molar-refractivity contribution in [3.05, 3.63) is 175 Å². The molecule has 0 aliphatic heterocycles. The van der Waals surface area contributed by atoms with Crippen LogP contribution in [0.2, 0.25) is 0 Å². The van der Waals surface area contributed by atoms with E-state index in [9.17, 15) is 0 Å². The van der Waals surface area contributed by atoms with Crippen molar-refractivity contribution >= 4 is 32.8 Å². The number of fused-ring (bicyclic) bond motifs is 4. The Morgan fingerprint density at radius 2 is 1.30 bits per heavy atom. The fraction of sp³-hybridized carbons (Fsp3) is 0.0667. The first-order valence-corrected chi connectivity index (χ1v) is 17.0. The zero-order valence-electron chi connectivity index (χ0n) is 28.2. The summed E-state index contributed by atoms with van der Waals surface area (Å²) in [4.78, 5) is 4.79. The highest BCUT2D eigenvalue weighted by molar-refractivity contribution is 6.16. The molecule has 0 radical (unpaired) electrons. The number of benzene rings is 6. The Balaban J connectivity index is 1.20. The molecule has 0 aliphatic rings. The van der Waals surface area contributed by atoms with Crippen LogP contribution < -0.4 is 9.30 Å². The van der Waals surface area contributed by atoms with Crippen LogP contribution in [-0.2, 0) is 0 Å². The Morgan fingerprint density at radius 3 is 2.10 bits per heavy atom. The van der Waals surface area contributed by atoms with Crippen molar-refractivity contribution in [3.8, 4) is 39.8 Å². The number of ether oxygens (including phenoxy) is 1. The molecule has 240 valence electrons. The molecule has 0 fully saturated rings. The number of rotatable bonds is 6. The molecule has 0 bridgehead atoms.